The Hall–Kier alpha value is -1.38. The van der Waals surface area contributed by atoms with Crippen LogP contribution >= 0.6 is 0 Å². The van der Waals surface area contributed by atoms with Gasteiger partial charge in [-0.2, -0.15) is 0 Å². The summed E-state index contributed by atoms with van der Waals surface area (Å²) in [6.07, 6.45) is 0.683. The fourth-order valence-electron chi connectivity index (χ4n) is 1.62. The number of carbonyl (C=O) groups is 2. The van der Waals surface area contributed by atoms with Crippen LogP contribution in [-0.2, 0) is 23.7 Å². The van der Waals surface area contributed by atoms with Gasteiger partial charge >= 0.3 is 12.0 Å². The number of hydrogen-bond acceptors (Lipinski definition) is 6. The van der Waals surface area contributed by atoms with Crippen molar-refractivity contribution in [1.29, 1.82) is 0 Å². The third-order valence-electron chi connectivity index (χ3n) is 3.43. The highest BCUT2D eigenvalue weighted by atomic mass is 16.5. The van der Waals surface area contributed by atoms with Crippen LogP contribution in [0.4, 0.5) is 4.79 Å². The zero-order valence-corrected chi connectivity index (χ0v) is 15.1. The second-order valence-electron chi connectivity index (χ2n) is 5.71. The molecular weight excluding hydrogens is 304 g/mol. The van der Waals surface area contributed by atoms with Crippen molar-refractivity contribution in [3.63, 3.8) is 0 Å². The average molecular weight is 334 g/mol. The van der Waals surface area contributed by atoms with E-state index in [2.05, 4.69) is 0 Å². The van der Waals surface area contributed by atoms with Crippen molar-refractivity contribution in [2.24, 2.45) is 5.41 Å². The summed E-state index contributed by atoms with van der Waals surface area (Å²) in [5.74, 6) is -0.282. The van der Waals surface area contributed by atoms with Crippen molar-refractivity contribution >= 4 is 12.0 Å². The molecule has 23 heavy (non-hydrogen) atoms. The summed E-state index contributed by atoms with van der Waals surface area (Å²) in [5, 5.41) is 0. The van der Waals surface area contributed by atoms with Gasteiger partial charge in [-0.05, 0) is 20.3 Å². The van der Waals surface area contributed by atoms with Gasteiger partial charge in [0.1, 0.15) is 26.8 Å². The zero-order valence-electron chi connectivity index (χ0n) is 15.1. The Morgan fingerprint density at radius 1 is 0.913 bits per heavy atom. The molecule has 0 unspecified atom stereocenters. The summed E-state index contributed by atoms with van der Waals surface area (Å²) in [7, 11) is 4.47. The van der Waals surface area contributed by atoms with Crippen LogP contribution in [0.25, 0.3) is 0 Å². The minimum absolute atomic E-state index is 0.0808. The molecule has 0 radical (unpaired) electrons. The van der Waals surface area contributed by atoms with Gasteiger partial charge in [0, 0.05) is 21.3 Å². The van der Waals surface area contributed by atoms with E-state index in [4.69, 9.17) is 18.9 Å². The Balaban J connectivity index is 4.61. The molecule has 0 saturated carbocycles. The summed E-state index contributed by atoms with van der Waals surface area (Å²) in [4.78, 5) is 27.1. The normalized spacial score (nSPS) is 11.2. The molecule has 0 atom stereocenters. The predicted octanol–water partition coefficient (Wildman–Crippen LogP) is 1.50. The van der Waals surface area contributed by atoms with Gasteiger partial charge in [-0.15, -0.1) is 0 Å². The number of carbonyl (C=O) groups excluding carboxylic acids is 2. The van der Waals surface area contributed by atoms with E-state index in [9.17, 15) is 9.59 Å². The monoisotopic (exact) mass is 334 g/mol. The summed E-state index contributed by atoms with van der Waals surface area (Å²) < 4.78 is 20.2. The van der Waals surface area contributed by atoms with Crippen molar-refractivity contribution in [3.05, 3.63) is 0 Å². The van der Waals surface area contributed by atoms with Gasteiger partial charge < -0.3 is 18.9 Å². The molecule has 8 heteroatoms. The van der Waals surface area contributed by atoms with E-state index in [0.717, 1.165) is 0 Å². The molecule has 0 bridgehead atoms. The summed E-state index contributed by atoms with van der Waals surface area (Å²) >= 11 is 0. The third-order valence-corrected chi connectivity index (χ3v) is 3.43. The second-order valence-corrected chi connectivity index (χ2v) is 5.71. The Bertz CT molecular complexity index is 356. The van der Waals surface area contributed by atoms with Gasteiger partial charge in [-0.3, -0.25) is 14.6 Å². The SMILES string of the molecule is CCC(C)(C)C(=O)OCCN(COC)C(=O)N(COC)COC. The van der Waals surface area contributed by atoms with Gasteiger partial charge in [0.2, 0.25) is 0 Å². The number of hydrogen-bond donors (Lipinski definition) is 0. The lowest BCUT2D eigenvalue weighted by Crippen LogP contribution is -2.47. The van der Waals surface area contributed by atoms with Crippen LogP contribution < -0.4 is 0 Å². The number of amides is 2. The van der Waals surface area contributed by atoms with Gasteiger partial charge in [0.05, 0.1) is 12.0 Å². The van der Waals surface area contributed by atoms with E-state index in [1.165, 1.54) is 31.1 Å². The van der Waals surface area contributed by atoms with Crippen molar-refractivity contribution in [1.82, 2.24) is 9.80 Å². The van der Waals surface area contributed by atoms with Crippen molar-refractivity contribution in [2.45, 2.75) is 27.2 Å². The Labute approximate surface area is 138 Å². The third kappa shape index (κ3) is 7.62. The first-order valence-electron chi connectivity index (χ1n) is 7.51. The predicted molar refractivity (Wildman–Crippen MR) is 84.6 cm³/mol. The van der Waals surface area contributed by atoms with Gasteiger partial charge in [0.25, 0.3) is 0 Å². The molecule has 0 aromatic carbocycles. The maximum atomic E-state index is 12.4. The number of ether oxygens (including phenoxy) is 4. The first kappa shape index (κ1) is 21.6. The molecule has 0 spiro atoms. The Morgan fingerprint density at radius 3 is 1.83 bits per heavy atom. The molecule has 0 aliphatic heterocycles. The zero-order chi connectivity index (χ0) is 17.9. The van der Waals surface area contributed by atoms with Crippen LogP contribution in [0.3, 0.4) is 0 Å². The maximum Gasteiger partial charge on any atom is 0.325 e. The molecular formula is C15H30N2O6. The van der Waals surface area contributed by atoms with E-state index in [0.29, 0.717) is 6.42 Å². The molecule has 0 aliphatic rings. The first-order chi connectivity index (χ1) is 10.8. The number of rotatable bonds is 11. The lowest BCUT2D eigenvalue weighted by Gasteiger charge is -2.29. The molecule has 0 heterocycles. The van der Waals surface area contributed by atoms with Gasteiger partial charge in [-0.1, -0.05) is 6.92 Å². The van der Waals surface area contributed by atoms with Crippen LogP contribution in [0.1, 0.15) is 27.2 Å². The smallest absolute Gasteiger partial charge is 0.325 e. The summed E-state index contributed by atoms with van der Waals surface area (Å²) in [5.41, 5.74) is -0.534. The molecule has 0 aromatic heterocycles. The van der Waals surface area contributed by atoms with Crippen molar-refractivity contribution in [3.8, 4) is 0 Å². The maximum absolute atomic E-state index is 12.4. The van der Waals surface area contributed by atoms with E-state index in [1.54, 1.807) is 0 Å². The second kappa shape index (κ2) is 11.2. The van der Waals surface area contributed by atoms with E-state index in [1.807, 2.05) is 20.8 Å². The molecule has 0 saturated heterocycles. The molecule has 136 valence electrons. The highest BCUT2D eigenvalue weighted by Crippen LogP contribution is 2.21. The van der Waals surface area contributed by atoms with Gasteiger partial charge in [0.15, 0.2) is 0 Å². The van der Waals surface area contributed by atoms with E-state index in [-0.39, 0.29) is 45.3 Å². The van der Waals surface area contributed by atoms with E-state index >= 15 is 0 Å². The van der Waals surface area contributed by atoms with Crippen LogP contribution in [0.15, 0.2) is 0 Å². The van der Waals surface area contributed by atoms with Crippen LogP contribution in [0, 0.1) is 5.41 Å². The van der Waals surface area contributed by atoms with Crippen LogP contribution in [0.5, 0.6) is 0 Å². The topological polar surface area (TPSA) is 77.5 Å². The lowest BCUT2D eigenvalue weighted by atomic mass is 9.91. The molecule has 8 nitrogen and oxygen atoms in total. The van der Waals surface area contributed by atoms with E-state index < -0.39 is 5.41 Å². The molecule has 2 amide bonds. The Kier molecular flexibility index (Phi) is 10.5. The van der Waals surface area contributed by atoms with Crippen LogP contribution in [0.2, 0.25) is 0 Å². The van der Waals surface area contributed by atoms with Crippen molar-refractivity contribution in [2.75, 3.05) is 54.7 Å². The fraction of sp³-hybridized carbons (Fsp3) is 0.867. The Morgan fingerprint density at radius 2 is 1.39 bits per heavy atom. The minimum atomic E-state index is -0.534. The molecule has 0 aliphatic carbocycles. The average Bonchev–Trinajstić information content (AvgIpc) is 2.53. The fourth-order valence-corrected chi connectivity index (χ4v) is 1.62. The largest absolute Gasteiger partial charge is 0.463 e. The molecule has 0 rings (SSSR count). The number of urea groups is 1. The summed E-state index contributed by atoms with van der Waals surface area (Å²) in [6, 6.07) is -0.318. The lowest BCUT2D eigenvalue weighted by molar-refractivity contribution is -0.154. The molecule has 0 N–H and O–H groups in total. The van der Waals surface area contributed by atoms with Crippen molar-refractivity contribution < 1.29 is 28.5 Å². The van der Waals surface area contributed by atoms with Gasteiger partial charge in [-0.25, -0.2) is 4.79 Å². The molecule has 0 aromatic rings. The number of methoxy groups -OCH3 is 3. The highest BCUT2D eigenvalue weighted by Gasteiger charge is 2.27. The summed E-state index contributed by atoms with van der Waals surface area (Å²) in [6.45, 7) is 6.17. The highest BCUT2D eigenvalue weighted by molar-refractivity contribution is 5.76. The molecule has 0 fully saturated rings. The first-order valence-corrected chi connectivity index (χ1v) is 7.51. The standard InChI is InChI=1S/C15H30N2O6/c1-7-15(2,3)13(18)23-9-8-16(10-20-4)14(19)17(11-21-5)12-22-6/h7-12H2,1-6H3. The van der Waals surface area contributed by atoms with Crippen LogP contribution in [-0.4, -0.2) is 76.5 Å². The quantitative estimate of drug-likeness (QED) is 0.421. The minimum Gasteiger partial charge on any atom is -0.463 e. The number of esters is 1. The number of nitrogens with zero attached hydrogens (tertiary/aromatic N) is 2.